The Kier molecular flexibility index (Phi) is 3.45. The van der Waals surface area contributed by atoms with Crippen LogP contribution in [0.15, 0.2) is 12.7 Å². The van der Waals surface area contributed by atoms with Gasteiger partial charge in [0, 0.05) is 12.6 Å². The zero-order valence-corrected chi connectivity index (χ0v) is 9.45. The van der Waals surface area contributed by atoms with Gasteiger partial charge in [-0.25, -0.2) is 0 Å². The van der Waals surface area contributed by atoms with Crippen molar-refractivity contribution in [2.75, 3.05) is 6.54 Å². The van der Waals surface area contributed by atoms with Crippen molar-refractivity contribution < 1.29 is 4.79 Å². The van der Waals surface area contributed by atoms with Crippen LogP contribution in [0.25, 0.3) is 0 Å². The standard InChI is InChI=1S/C13H21NO/c1-2-13(15)14(12-8-9-12)10-11-6-4-3-5-7-11/h2,11-12H,1,3-10H2. The van der Waals surface area contributed by atoms with Crippen LogP contribution in [-0.4, -0.2) is 23.4 Å². The van der Waals surface area contributed by atoms with Gasteiger partial charge in [0.15, 0.2) is 0 Å². The SMILES string of the molecule is C=CC(=O)N(CC1CCCCC1)C1CC1. The Hall–Kier alpha value is -0.790. The van der Waals surface area contributed by atoms with Gasteiger partial charge in [-0.2, -0.15) is 0 Å². The van der Waals surface area contributed by atoms with Crippen LogP contribution in [0.3, 0.4) is 0 Å². The van der Waals surface area contributed by atoms with Crippen molar-refractivity contribution in [2.45, 2.75) is 51.0 Å². The summed E-state index contributed by atoms with van der Waals surface area (Å²) in [6, 6.07) is 0.539. The molecular formula is C13H21NO. The van der Waals surface area contributed by atoms with Crippen LogP contribution < -0.4 is 0 Å². The first-order valence-corrected chi connectivity index (χ1v) is 6.24. The van der Waals surface area contributed by atoms with E-state index in [2.05, 4.69) is 11.5 Å². The fourth-order valence-corrected chi connectivity index (χ4v) is 2.57. The molecule has 0 aromatic heterocycles. The first-order chi connectivity index (χ1) is 7.31. The molecule has 0 radical (unpaired) electrons. The Labute approximate surface area is 92.3 Å². The summed E-state index contributed by atoms with van der Waals surface area (Å²) in [4.78, 5) is 13.7. The fraction of sp³-hybridized carbons (Fsp3) is 0.769. The van der Waals surface area contributed by atoms with Crippen LogP contribution in [0.5, 0.6) is 0 Å². The molecule has 0 aliphatic heterocycles. The van der Waals surface area contributed by atoms with Gasteiger partial charge in [0.05, 0.1) is 0 Å². The number of carbonyl (C=O) groups excluding carboxylic acids is 1. The Bertz CT molecular complexity index is 239. The van der Waals surface area contributed by atoms with E-state index in [1.807, 2.05) is 0 Å². The van der Waals surface area contributed by atoms with E-state index in [0.717, 1.165) is 12.5 Å². The third-order valence-corrected chi connectivity index (χ3v) is 3.62. The molecule has 0 aromatic carbocycles. The molecule has 84 valence electrons. The average molecular weight is 207 g/mol. The highest BCUT2D eigenvalue weighted by atomic mass is 16.2. The lowest BCUT2D eigenvalue weighted by atomic mass is 9.89. The van der Waals surface area contributed by atoms with Gasteiger partial charge in [-0.1, -0.05) is 25.8 Å². The third kappa shape index (κ3) is 2.83. The largest absolute Gasteiger partial charge is 0.336 e. The third-order valence-electron chi connectivity index (χ3n) is 3.62. The summed E-state index contributed by atoms with van der Waals surface area (Å²) in [5.74, 6) is 0.895. The van der Waals surface area contributed by atoms with Gasteiger partial charge < -0.3 is 4.90 Å². The minimum Gasteiger partial charge on any atom is -0.336 e. The molecule has 1 amide bonds. The highest BCUT2D eigenvalue weighted by Gasteiger charge is 2.32. The van der Waals surface area contributed by atoms with Crippen molar-refractivity contribution in [1.82, 2.24) is 4.90 Å². The summed E-state index contributed by atoms with van der Waals surface area (Å²) in [7, 11) is 0. The van der Waals surface area contributed by atoms with Gasteiger partial charge >= 0.3 is 0 Å². The molecule has 2 aliphatic rings. The van der Waals surface area contributed by atoms with Crippen molar-refractivity contribution >= 4 is 5.91 Å². The summed E-state index contributed by atoms with van der Waals surface area (Å²) in [5, 5.41) is 0. The van der Waals surface area contributed by atoms with Crippen LogP contribution in [0.2, 0.25) is 0 Å². The van der Waals surface area contributed by atoms with E-state index in [1.165, 1.54) is 51.0 Å². The monoisotopic (exact) mass is 207 g/mol. The lowest BCUT2D eigenvalue weighted by Gasteiger charge is -2.29. The Morgan fingerprint density at radius 1 is 1.20 bits per heavy atom. The predicted octanol–water partition coefficient (Wildman–Crippen LogP) is 2.74. The van der Waals surface area contributed by atoms with Crippen LogP contribution in [0.1, 0.15) is 44.9 Å². The molecule has 2 aliphatic carbocycles. The van der Waals surface area contributed by atoms with E-state index in [0.29, 0.717) is 6.04 Å². The van der Waals surface area contributed by atoms with Gasteiger partial charge in [0.2, 0.25) is 5.91 Å². The molecule has 2 saturated carbocycles. The van der Waals surface area contributed by atoms with Crippen LogP contribution in [0, 0.1) is 5.92 Å². The average Bonchev–Trinajstić information content (AvgIpc) is 3.10. The van der Waals surface area contributed by atoms with Crippen molar-refractivity contribution in [3.63, 3.8) is 0 Å². The van der Waals surface area contributed by atoms with Gasteiger partial charge in [-0.05, 0) is 37.7 Å². The van der Waals surface area contributed by atoms with Crippen LogP contribution in [-0.2, 0) is 4.79 Å². The summed E-state index contributed by atoms with van der Waals surface area (Å²) in [6.07, 6.45) is 10.6. The Morgan fingerprint density at radius 3 is 2.40 bits per heavy atom. The quantitative estimate of drug-likeness (QED) is 0.649. The number of carbonyl (C=O) groups is 1. The van der Waals surface area contributed by atoms with Crippen molar-refractivity contribution in [2.24, 2.45) is 5.92 Å². The maximum atomic E-state index is 11.7. The normalized spacial score (nSPS) is 22.4. The summed E-state index contributed by atoms with van der Waals surface area (Å²) in [6.45, 7) is 4.58. The smallest absolute Gasteiger partial charge is 0.246 e. The molecule has 15 heavy (non-hydrogen) atoms. The molecule has 0 N–H and O–H groups in total. The first-order valence-electron chi connectivity index (χ1n) is 6.24. The van der Waals surface area contributed by atoms with Crippen molar-refractivity contribution in [3.05, 3.63) is 12.7 Å². The van der Waals surface area contributed by atoms with Gasteiger partial charge in [-0.15, -0.1) is 0 Å². The van der Waals surface area contributed by atoms with Crippen LogP contribution >= 0.6 is 0 Å². The van der Waals surface area contributed by atoms with Crippen LogP contribution in [0.4, 0.5) is 0 Å². The number of hydrogen-bond acceptors (Lipinski definition) is 1. The highest BCUT2D eigenvalue weighted by molar-refractivity contribution is 5.87. The molecular weight excluding hydrogens is 186 g/mol. The first kappa shape index (κ1) is 10.7. The molecule has 0 spiro atoms. The molecule has 0 heterocycles. The Morgan fingerprint density at radius 2 is 1.87 bits per heavy atom. The zero-order chi connectivity index (χ0) is 10.7. The van der Waals surface area contributed by atoms with Crippen molar-refractivity contribution in [3.8, 4) is 0 Å². The fourth-order valence-electron chi connectivity index (χ4n) is 2.57. The second-order valence-electron chi connectivity index (χ2n) is 4.93. The maximum absolute atomic E-state index is 11.7. The number of nitrogens with zero attached hydrogens (tertiary/aromatic N) is 1. The minimum atomic E-state index is 0.142. The van der Waals surface area contributed by atoms with Crippen molar-refractivity contribution in [1.29, 1.82) is 0 Å². The van der Waals surface area contributed by atoms with E-state index in [9.17, 15) is 4.79 Å². The molecule has 2 rings (SSSR count). The molecule has 2 heteroatoms. The summed E-state index contributed by atoms with van der Waals surface area (Å²) >= 11 is 0. The lowest BCUT2D eigenvalue weighted by Crippen LogP contribution is -2.36. The summed E-state index contributed by atoms with van der Waals surface area (Å²) in [5.41, 5.74) is 0. The molecule has 0 atom stereocenters. The van der Waals surface area contributed by atoms with Gasteiger partial charge in [0.25, 0.3) is 0 Å². The molecule has 2 fully saturated rings. The molecule has 0 saturated heterocycles. The predicted molar refractivity (Wildman–Crippen MR) is 61.5 cm³/mol. The number of hydrogen-bond donors (Lipinski definition) is 0. The molecule has 0 bridgehead atoms. The zero-order valence-electron chi connectivity index (χ0n) is 9.45. The Balaban J connectivity index is 1.87. The second-order valence-corrected chi connectivity index (χ2v) is 4.93. The van der Waals surface area contributed by atoms with E-state index in [1.54, 1.807) is 0 Å². The van der Waals surface area contributed by atoms with Gasteiger partial charge in [-0.3, -0.25) is 4.79 Å². The minimum absolute atomic E-state index is 0.142. The summed E-state index contributed by atoms with van der Waals surface area (Å²) < 4.78 is 0. The number of amides is 1. The van der Waals surface area contributed by atoms with E-state index in [-0.39, 0.29) is 5.91 Å². The topological polar surface area (TPSA) is 20.3 Å². The molecule has 0 aromatic rings. The van der Waals surface area contributed by atoms with Gasteiger partial charge in [0.1, 0.15) is 0 Å². The lowest BCUT2D eigenvalue weighted by molar-refractivity contribution is -0.127. The molecule has 2 nitrogen and oxygen atoms in total. The maximum Gasteiger partial charge on any atom is 0.246 e. The molecule has 0 unspecified atom stereocenters. The van der Waals surface area contributed by atoms with E-state index < -0.39 is 0 Å². The highest BCUT2D eigenvalue weighted by Crippen LogP contribution is 2.31. The van der Waals surface area contributed by atoms with E-state index in [4.69, 9.17) is 0 Å². The number of rotatable bonds is 4. The second kappa shape index (κ2) is 4.82. The van der Waals surface area contributed by atoms with E-state index >= 15 is 0 Å².